The van der Waals surface area contributed by atoms with Gasteiger partial charge in [0.05, 0.1) is 37.2 Å². The highest BCUT2D eigenvalue weighted by Crippen LogP contribution is 2.33. The molecule has 3 rings (SSSR count). The molecule has 1 fully saturated rings. The predicted octanol–water partition coefficient (Wildman–Crippen LogP) is 1.59. The molecule has 0 bridgehead atoms. The van der Waals surface area contributed by atoms with Gasteiger partial charge in [0, 0.05) is 18.7 Å². The van der Waals surface area contributed by atoms with Gasteiger partial charge in [-0.15, -0.1) is 6.42 Å². The van der Waals surface area contributed by atoms with Crippen LogP contribution in [0, 0.1) is 12.3 Å². The first-order valence-corrected chi connectivity index (χ1v) is 11.7. The topological polar surface area (TPSA) is 90.2 Å². The largest absolute Gasteiger partial charge is 0.493 e. The lowest BCUT2D eigenvalue weighted by molar-refractivity contribution is -0.122. The first kappa shape index (κ1) is 21.4. The number of thiazole rings is 1. The summed E-state index contributed by atoms with van der Waals surface area (Å²) in [5.41, 5.74) is 0.765. The van der Waals surface area contributed by atoms with E-state index < -0.39 is 22.0 Å². The molecule has 1 aliphatic heterocycles. The molecule has 10 heteroatoms. The van der Waals surface area contributed by atoms with Crippen molar-refractivity contribution in [1.29, 1.82) is 0 Å². The Morgan fingerprint density at radius 1 is 1.31 bits per heavy atom. The second-order valence-electron chi connectivity index (χ2n) is 6.69. The molecule has 156 valence electrons. The van der Waals surface area contributed by atoms with Crippen LogP contribution in [-0.2, 0) is 21.4 Å². The molecule has 0 saturated carbocycles. The van der Waals surface area contributed by atoms with E-state index in [2.05, 4.69) is 10.9 Å². The van der Waals surface area contributed by atoms with Gasteiger partial charge in [-0.1, -0.05) is 23.7 Å². The van der Waals surface area contributed by atoms with Gasteiger partial charge in [-0.25, -0.2) is 8.42 Å². The maximum Gasteiger partial charge on any atom is 0.266 e. The average molecular weight is 438 g/mol. The van der Waals surface area contributed by atoms with Crippen molar-refractivity contribution < 1.29 is 22.7 Å². The van der Waals surface area contributed by atoms with Crippen molar-refractivity contribution in [2.75, 3.05) is 27.0 Å². The molecule has 8 nitrogen and oxygen atoms in total. The number of amides is 1. The van der Waals surface area contributed by atoms with Gasteiger partial charge in [0.1, 0.15) is 6.04 Å². The quantitative estimate of drug-likeness (QED) is 0.663. The lowest BCUT2D eigenvalue weighted by Crippen LogP contribution is -2.47. The number of hydrogen-bond acceptors (Lipinski definition) is 6. The molecule has 1 unspecified atom stereocenters. The number of aromatic nitrogens is 1. The number of terminal acetylenes is 1. The Bertz CT molecular complexity index is 1140. The summed E-state index contributed by atoms with van der Waals surface area (Å²) in [4.78, 5) is 17.6. The van der Waals surface area contributed by atoms with Gasteiger partial charge in [-0.2, -0.15) is 9.30 Å². The van der Waals surface area contributed by atoms with E-state index in [1.165, 1.54) is 15.6 Å². The van der Waals surface area contributed by atoms with Crippen LogP contribution in [0.3, 0.4) is 0 Å². The number of fused-ring (bicyclic) bond motifs is 1. The van der Waals surface area contributed by atoms with Crippen LogP contribution in [0.5, 0.6) is 11.5 Å². The summed E-state index contributed by atoms with van der Waals surface area (Å²) in [6.45, 7) is 0.540. The van der Waals surface area contributed by atoms with E-state index in [0.717, 1.165) is 29.3 Å². The summed E-state index contributed by atoms with van der Waals surface area (Å²) in [6, 6.07) is 2.81. The average Bonchev–Trinajstić information content (AvgIpc) is 3.02. The van der Waals surface area contributed by atoms with Crippen molar-refractivity contribution in [3.05, 3.63) is 16.9 Å². The Kier molecular flexibility index (Phi) is 6.31. The third-order valence-corrected chi connectivity index (χ3v) is 7.14. The molecule has 0 N–H and O–H groups in total. The van der Waals surface area contributed by atoms with Crippen molar-refractivity contribution in [3.63, 3.8) is 0 Å². The lowest BCUT2D eigenvalue weighted by Gasteiger charge is -2.31. The zero-order valence-corrected chi connectivity index (χ0v) is 18.2. The van der Waals surface area contributed by atoms with Gasteiger partial charge in [-0.05, 0) is 12.8 Å². The minimum Gasteiger partial charge on any atom is -0.493 e. The molecule has 1 atom stereocenters. The van der Waals surface area contributed by atoms with Crippen molar-refractivity contribution in [2.45, 2.75) is 31.8 Å². The van der Waals surface area contributed by atoms with Crippen LogP contribution < -0.4 is 14.3 Å². The smallest absolute Gasteiger partial charge is 0.266 e. The van der Waals surface area contributed by atoms with Gasteiger partial charge >= 0.3 is 0 Å². The number of methoxy groups -OCH3 is 2. The van der Waals surface area contributed by atoms with E-state index in [0.29, 0.717) is 29.3 Å². The van der Waals surface area contributed by atoms with Gasteiger partial charge in [0.15, 0.2) is 16.3 Å². The van der Waals surface area contributed by atoms with Crippen LogP contribution in [0.25, 0.3) is 10.2 Å². The van der Waals surface area contributed by atoms with E-state index in [-0.39, 0.29) is 6.54 Å². The number of rotatable bonds is 5. The number of benzene rings is 1. The molecule has 0 spiro atoms. The van der Waals surface area contributed by atoms with Crippen LogP contribution in [-0.4, -0.2) is 56.3 Å². The summed E-state index contributed by atoms with van der Waals surface area (Å²) in [6.07, 6.45) is 8.61. The first-order valence-electron chi connectivity index (χ1n) is 9.04. The number of hydrogen-bond donors (Lipinski definition) is 0. The Hall–Kier alpha value is -2.35. The molecule has 1 saturated heterocycles. The molecule has 0 aliphatic carbocycles. The fraction of sp³-hybridized carbons (Fsp3) is 0.474. The summed E-state index contributed by atoms with van der Waals surface area (Å²) in [7, 11) is -0.405. The van der Waals surface area contributed by atoms with Crippen LogP contribution in [0.4, 0.5) is 0 Å². The molecular weight excluding hydrogens is 414 g/mol. The van der Waals surface area contributed by atoms with Crippen LogP contribution in [0.1, 0.15) is 19.3 Å². The predicted molar refractivity (Wildman–Crippen MR) is 112 cm³/mol. The van der Waals surface area contributed by atoms with Gasteiger partial charge in [-0.3, -0.25) is 4.79 Å². The standard InChI is InChI=1S/C19H23N3O5S2/c1-5-9-21-14-11-15(26-2)16(27-3)12-17(14)28-19(21)20-18(23)13-8-6-7-10-22(13)29(4,24)25/h1,11-13H,6-10H2,2-4H3. The first-order chi connectivity index (χ1) is 13.8. The summed E-state index contributed by atoms with van der Waals surface area (Å²) < 4.78 is 38.7. The molecule has 2 aromatic rings. The number of ether oxygens (including phenoxy) is 2. The molecule has 1 aromatic carbocycles. The van der Waals surface area contributed by atoms with Gasteiger partial charge in [0.25, 0.3) is 5.91 Å². The minimum absolute atomic E-state index is 0.210. The third-order valence-electron chi connectivity index (χ3n) is 4.81. The van der Waals surface area contributed by atoms with E-state index in [4.69, 9.17) is 15.9 Å². The van der Waals surface area contributed by atoms with Crippen LogP contribution >= 0.6 is 11.3 Å². The second kappa shape index (κ2) is 8.57. The van der Waals surface area contributed by atoms with Crippen LogP contribution in [0.15, 0.2) is 17.1 Å². The van der Waals surface area contributed by atoms with E-state index in [1.807, 2.05) is 0 Å². The van der Waals surface area contributed by atoms with Crippen molar-refractivity contribution in [2.24, 2.45) is 4.99 Å². The molecule has 1 amide bonds. The lowest BCUT2D eigenvalue weighted by atomic mass is 10.0. The Labute approximate surface area is 173 Å². The molecule has 1 aliphatic rings. The monoisotopic (exact) mass is 437 g/mol. The maximum absolute atomic E-state index is 12.9. The molecule has 2 heterocycles. The fourth-order valence-corrected chi connectivity index (χ4v) is 5.61. The van der Waals surface area contributed by atoms with Crippen molar-refractivity contribution in [3.8, 4) is 23.8 Å². The molecule has 0 radical (unpaired) electrons. The highest BCUT2D eigenvalue weighted by molar-refractivity contribution is 7.88. The highest BCUT2D eigenvalue weighted by atomic mass is 32.2. The highest BCUT2D eigenvalue weighted by Gasteiger charge is 2.34. The molecule has 1 aromatic heterocycles. The van der Waals surface area contributed by atoms with Crippen molar-refractivity contribution >= 4 is 37.5 Å². The number of nitrogens with zero attached hydrogens (tertiary/aromatic N) is 3. The Morgan fingerprint density at radius 2 is 2.00 bits per heavy atom. The second-order valence-corrected chi connectivity index (χ2v) is 9.63. The fourth-order valence-electron chi connectivity index (χ4n) is 3.44. The number of carbonyl (C=O) groups excluding carboxylic acids is 1. The van der Waals surface area contributed by atoms with E-state index in [1.54, 1.807) is 30.9 Å². The zero-order valence-electron chi connectivity index (χ0n) is 16.5. The Balaban J connectivity index is 2.12. The maximum atomic E-state index is 12.9. The zero-order chi connectivity index (χ0) is 21.2. The summed E-state index contributed by atoms with van der Waals surface area (Å²) in [5, 5.41) is 0. The van der Waals surface area contributed by atoms with Crippen molar-refractivity contribution in [1.82, 2.24) is 8.87 Å². The normalized spacial score (nSPS) is 18.6. The minimum atomic E-state index is -3.49. The molecular formula is C19H23N3O5S2. The van der Waals surface area contributed by atoms with E-state index >= 15 is 0 Å². The summed E-state index contributed by atoms with van der Waals surface area (Å²) in [5.74, 6) is 3.19. The molecule has 29 heavy (non-hydrogen) atoms. The third kappa shape index (κ3) is 4.32. The van der Waals surface area contributed by atoms with Gasteiger partial charge in [0.2, 0.25) is 10.0 Å². The summed E-state index contributed by atoms with van der Waals surface area (Å²) >= 11 is 1.29. The van der Waals surface area contributed by atoms with Crippen LogP contribution in [0.2, 0.25) is 0 Å². The van der Waals surface area contributed by atoms with Gasteiger partial charge < -0.3 is 14.0 Å². The van der Waals surface area contributed by atoms with E-state index in [9.17, 15) is 13.2 Å². The SMILES string of the molecule is C#CCn1c(=NC(=O)C2CCCCN2S(C)(=O)=O)sc2cc(OC)c(OC)cc21. The number of sulfonamides is 1. The number of carbonyl (C=O) groups is 1. The number of piperidine rings is 1. The Morgan fingerprint density at radius 3 is 2.62 bits per heavy atom.